The lowest BCUT2D eigenvalue weighted by Gasteiger charge is -2.11. The van der Waals surface area contributed by atoms with Gasteiger partial charge in [-0.3, -0.25) is 4.57 Å². The maximum atomic E-state index is 13.4. The Morgan fingerprint density at radius 3 is 2.76 bits per heavy atom. The van der Waals surface area contributed by atoms with Crippen LogP contribution in [0.15, 0.2) is 36.4 Å². The summed E-state index contributed by atoms with van der Waals surface area (Å²) < 4.78 is 15.4. The van der Waals surface area contributed by atoms with E-state index in [0.29, 0.717) is 22.8 Å². The maximum absolute atomic E-state index is 13.4. The van der Waals surface area contributed by atoms with Gasteiger partial charge in [-0.25, -0.2) is 9.37 Å². The predicted molar refractivity (Wildman–Crippen MR) is 85.2 cm³/mol. The van der Waals surface area contributed by atoms with Crippen LogP contribution < -0.4 is 0 Å². The number of hydrogen-bond acceptors (Lipinski definition) is 1. The molecule has 0 radical (unpaired) electrons. The van der Waals surface area contributed by atoms with Gasteiger partial charge in [0.05, 0.1) is 21.7 Å². The molecule has 0 spiro atoms. The number of aromatic nitrogens is 2. The highest BCUT2D eigenvalue weighted by molar-refractivity contribution is 6.32. The second-order valence-electron chi connectivity index (χ2n) is 4.89. The summed E-state index contributed by atoms with van der Waals surface area (Å²) in [6.45, 7) is 2.00. The van der Waals surface area contributed by atoms with Gasteiger partial charge in [0, 0.05) is 18.4 Å². The fraction of sp³-hybridized carbons (Fsp3) is 0.188. The minimum Gasteiger partial charge on any atom is -0.295 e. The third-order valence-electron chi connectivity index (χ3n) is 3.35. The smallest absolute Gasteiger partial charge is 0.125 e. The molecule has 0 saturated carbocycles. The molecule has 1 aromatic heterocycles. The molecule has 3 aromatic rings. The van der Waals surface area contributed by atoms with E-state index in [1.807, 2.05) is 29.7 Å². The molecule has 0 atom stereocenters. The third kappa shape index (κ3) is 2.63. The molecule has 0 bridgehead atoms. The Morgan fingerprint density at radius 1 is 1.19 bits per heavy atom. The van der Waals surface area contributed by atoms with Crippen molar-refractivity contribution in [2.75, 3.05) is 5.88 Å². The lowest BCUT2D eigenvalue weighted by Crippen LogP contribution is -2.03. The Hall–Kier alpha value is -1.58. The van der Waals surface area contributed by atoms with Crippen molar-refractivity contribution in [2.24, 2.45) is 0 Å². The average Bonchev–Trinajstić information content (AvgIpc) is 2.79. The van der Waals surface area contributed by atoms with E-state index in [1.165, 1.54) is 12.1 Å². The molecule has 5 heteroatoms. The lowest BCUT2D eigenvalue weighted by atomic mass is 10.2. The number of hydrogen-bond donors (Lipinski definition) is 0. The Labute approximate surface area is 132 Å². The number of imidazole rings is 1. The van der Waals surface area contributed by atoms with E-state index in [0.717, 1.165) is 22.6 Å². The van der Waals surface area contributed by atoms with Crippen LogP contribution in [0.2, 0.25) is 5.02 Å². The van der Waals surface area contributed by atoms with E-state index in [4.69, 9.17) is 23.2 Å². The third-order valence-corrected chi connectivity index (χ3v) is 3.86. The van der Waals surface area contributed by atoms with Crippen molar-refractivity contribution in [2.45, 2.75) is 13.3 Å². The zero-order valence-corrected chi connectivity index (χ0v) is 12.9. The van der Waals surface area contributed by atoms with Crippen LogP contribution in [0.1, 0.15) is 11.4 Å². The SMILES string of the molecule is Cc1ccc(Cl)c(-n2c(CCCl)nc3cc(F)ccc32)c1. The summed E-state index contributed by atoms with van der Waals surface area (Å²) in [5, 5.41) is 0.625. The molecule has 3 rings (SSSR count). The summed E-state index contributed by atoms with van der Waals surface area (Å²) in [6.07, 6.45) is 0.585. The van der Waals surface area contributed by atoms with Gasteiger partial charge in [-0.2, -0.15) is 0 Å². The first kappa shape index (κ1) is 14.4. The summed E-state index contributed by atoms with van der Waals surface area (Å²) in [5.41, 5.74) is 3.36. The Morgan fingerprint density at radius 2 is 2.00 bits per heavy atom. The summed E-state index contributed by atoms with van der Waals surface area (Å²) in [4.78, 5) is 4.49. The number of alkyl halides is 1. The first-order valence-electron chi connectivity index (χ1n) is 6.59. The van der Waals surface area contributed by atoms with Crippen molar-refractivity contribution in [1.29, 1.82) is 0 Å². The Kier molecular flexibility index (Phi) is 3.87. The van der Waals surface area contributed by atoms with E-state index >= 15 is 0 Å². The van der Waals surface area contributed by atoms with Gasteiger partial charge >= 0.3 is 0 Å². The van der Waals surface area contributed by atoms with Gasteiger partial charge in [-0.1, -0.05) is 17.7 Å². The van der Waals surface area contributed by atoms with Gasteiger partial charge in [0.15, 0.2) is 0 Å². The molecule has 0 aliphatic rings. The summed E-state index contributed by atoms with van der Waals surface area (Å²) >= 11 is 12.2. The largest absolute Gasteiger partial charge is 0.295 e. The van der Waals surface area contributed by atoms with Gasteiger partial charge in [-0.05, 0) is 36.8 Å². The number of halogens is 3. The molecule has 0 amide bonds. The van der Waals surface area contributed by atoms with E-state index in [-0.39, 0.29) is 5.82 Å². The minimum absolute atomic E-state index is 0.306. The molecule has 1 heterocycles. The van der Waals surface area contributed by atoms with Crippen molar-refractivity contribution in [3.05, 3.63) is 58.6 Å². The molecular formula is C16H13Cl2FN2. The van der Waals surface area contributed by atoms with Gasteiger partial charge < -0.3 is 0 Å². The first-order chi connectivity index (χ1) is 10.1. The molecule has 0 unspecified atom stereocenters. The molecule has 0 saturated heterocycles. The van der Waals surface area contributed by atoms with Crippen LogP contribution in [-0.2, 0) is 6.42 Å². The number of nitrogens with zero attached hydrogens (tertiary/aromatic N) is 2. The number of rotatable bonds is 3. The van der Waals surface area contributed by atoms with Crippen LogP contribution in [0.4, 0.5) is 4.39 Å². The summed E-state index contributed by atoms with van der Waals surface area (Å²) in [6, 6.07) is 10.4. The van der Waals surface area contributed by atoms with Crippen molar-refractivity contribution < 1.29 is 4.39 Å². The molecule has 0 aliphatic carbocycles. The minimum atomic E-state index is -0.306. The Balaban J connectivity index is 2.33. The number of aryl methyl sites for hydroxylation is 2. The van der Waals surface area contributed by atoms with Crippen molar-refractivity contribution in [3.8, 4) is 5.69 Å². The van der Waals surface area contributed by atoms with Gasteiger partial charge in [0.2, 0.25) is 0 Å². The quantitative estimate of drug-likeness (QED) is 0.626. The van der Waals surface area contributed by atoms with Crippen LogP contribution in [0.3, 0.4) is 0 Å². The van der Waals surface area contributed by atoms with Gasteiger partial charge in [-0.15, -0.1) is 11.6 Å². The number of fused-ring (bicyclic) bond motifs is 1. The fourth-order valence-electron chi connectivity index (χ4n) is 2.42. The van der Waals surface area contributed by atoms with Crippen molar-refractivity contribution in [3.63, 3.8) is 0 Å². The topological polar surface area (TPSA) is 17.8 Å². The van der Waals surface area contributed by atoms with Crippen LogP contribution in [0.25, 0.3) is 16.7 Å². The summed E-state index contributed by atoms with van der Waals surface area (Å²) in [7, 11) is 0. The Bertz CT molecular complexity index is 811. The fourth-order valence-corrected chi connectivity index (χ4v) is 2.79. The highest BCUT2D eigenvalue weighted by Gasteiger charge is 2.15. The molecular weight excluding hydrogens is 310 g/mol. The predicted octanol–water partition coefficient (Wildman–Crippen LogP) is 4.91. The molecule has 2 nitrogen and oxygen atoms in total. The van der Waals surface area contributed by atoms with Crippen LogP contribution in [0.5, 0.6) is 0 Å². The zero-order valence-electron chi connectivity index (χ0n) is 11.4. The zero-order chi connectivity index (χ0) is 15.0. The number of benzene rings is 2. The second-order valence-corrected chi connectivity index (χ2v) is 5.68. The van der Waals surface area contributed by atoms with E-state index in [2.05, 4.69) is 4.98 Å². The van der Waals surface area contributed by atoms with E-state index in [9.17, 15) is 4.39 Å². The monoisotopic (exact) mass is 322 g/mol. The van der Waals surface area contributed by atoms with E-state index in [1.54, 1.807) is 6.07 Å². The highest BCUT2D eigenvalue weighted by atomic mass is 35.5. The van der Waals surface area contributed by atoms with Crippen LogP contribution >= 0.6 is 23.2 Å². The second kappa shape index (κ2) is 5.66. The van der Waals surface area contributed by atoms with Gasteiger partial charge in [0.25, 0.3) is 0 Å². The van der Waals surface area contributed by atoms with E-state index < -0.39 is 0 Å². The maximum Gasteiger partial charge on any atom is 0.125 e. The average molecular weight is 323 g/mol. The molecule has 0 N–H and O–H groups in total. The molecule has 2 aromatic carbocycles. The molecule has 0 fully saturated rings. The van der Waals surface area contributed by atoms with Crippen molar-refractivity contribution >= 4 is 34.2 Å². The van der Waals surface area contributed by atoms with Crippen LogP contribution in [0, 0.1) is 12.7 Å². The van der Waals surface area contributed by atoms with Gasteiger partial charge in [0.1, 0.15) is 11.6 Å². The lowest BCUT2D eigenvalue weighted by molar-refractivity contribution is 0.629. The molecule has 21 heavy (non-hydrogen) atoms. The highest BCUT2D eigenvalue weighted by Crippen LogP contribution is 2.28. The molecule has 0 aliphatic heterocycles. The standard InChI is InChI=1S/C16H13Cl2FN2/c1-10-2-4-12(18)15(8-10)21-14-5-3-11(19)9-13(14)20-16(21)6-7-17/h2-5,8-9H,6-7H2,1H3. The normalized spacial score (nSPS) is 11.2. The first-order valence-corrected chi connectivity index (χ1v) is 7.51. The molecule has 108 valence electrons. The van der Waals surface area contributed by atoms with Crippen molar-refractivity contribution in [1.82, 2.24) is 9.55 Å². The summed E-state index contributed by atoms with van der Waals surface area (Å²) in [5.74, 6) is 0.910. The van der Waals surface area contributed by atoms with Crippen LogP contribution in [-0.4, -0.2) is 15.4 Å².